The number of hydrogen-bond donors (Lipinski definition) is 4. The normalized spacial score (nSPS) is 16.9. The van der Waals surface area contributed by atoms with Crippen molar-refractivity contribution in [1.29, 1.82) is 0 Å². The van der Waals surface area contributed by atoms with Gasteiger partial charge in [-0.15, -0.1) is 0 Å². The molecular weight excluding hydrogens is 479 g/mol. The lowest BCUT2D eigenvalue weighted by molar-refractivity contribution is 0.0696. The molecule has 10 nitrogen and oxygen atoms in total. The highest BCUT2D eigenvalue weighted by Crippen LogP contribution is 2.46. The highest BCUT2D eigenvalue weighted by Gasteiger charge is 2.47. The Morgan fingerprint density at radius 2 is 1.97 bits per heavy atom. The number of aliphatic hydroxyl groups excluding tert-OH is 1. The van der Waals surface area contributed by atoms with Crippen molar-refractivity contribution in [3.8, 4) is 0 Å². The van der Waals surface area contributed by atoms with E-state index >= 15 is 0 Å². The van der Waals surface area contributed by atoms with Gasteiger partial charge in [-0.2, -0.15) is 5.10 Å². The number of nitrogens with one attached hydrogen (secondary N) is 2. The van der Waals surface area contributed by atoms with Crippen molar-refractivity contribution >= 4 is 29.3 Å². The molecule has 12 heteroatoms. The number of aliphatic hydroxyl groups is 1. The SMILES string of the molecule is O=C(O)c1ccc(C2(NC(O)c3cnn4c3CN(C(=O)Nc3ccc(F)c(Cl)c3)CC4)CC2)nc1. The Hall–Kier alpha value is -3.54. The molecule has 0 saturated heterocycles. The molecule has 1 atom stereocenters. The second-order valence-corrected chi connectivity index (χ2v) is 9.02. The number of carboxylic acid groups (broad SMARTS) is 1. The summed E-state index contributed by atoms with van der Waals surface area (Å²) in [7, 11) is 0. The first-order valence-corrected chi connectivity index (χ1v) is 11.3. The third kappa shape index (κ3) is 4.57. The van der Waals surface area contributed by atoms with Gasteiger partial charge in [0, 0.05) is 24.0 Å². The van der Waals surface area contributed by atoms with Crippen LogP contribution in [0, 0.1) is 5.82 Å². The van der Waals surface area contributed by atoms with Gasteiger partial charge in [0.15, 0.2) is 0 Å². The summed E-state index contributed by atoms with van der Waals surface area (Å²) in [5, 5.41) is 30.3. The maximum absolute atomic E-state index is 13.4. The average molecular weight is 501 g/mol. The topological polar surface area (TPSA) is 133 Å². The molecule has 35 heavy (non-hydrogen) atoms. The third-order valence-electron chi connectivity index (χ3n) is 6.32. The van der Waals surface area contributed by atoms with E-state index in [0.717, 1.165) is 12.8 Å². The van der Waals surface area contributed by atoms with Crippen LogP contribution in [0.3, 0.4) is 0 Å². The van der Waals surface area contributed by atoms with Gasteiger partial charge in [-0.25, -0.2) is 14.0 Å². The summed E-state index contributed by atoms with van der Waals surface area (Å²) in [6.07, 6.45) is 3.29. The molecule has 1 fully saturated rings. The zero-order valence-electron chi connectivity index (χ0n) is 18.4. The molecule has 0 spiro atoms. The maximum Gasteiger partial charge on any atom is 0.337 e. The lowest BCUT2D eigenvalue weighted by atomic mass is 10.1. The van der Waals surface area contributed by atoms with E-state index in [1.54, 1.807) is 21.8 Å². The van der Waals surface area contributed by atoms with Crippen molar-refractivity contribution in [2.75, 3.05) is 11.9 Å². The number of fused-ring (bicyclic) bond motifs is 1. The van der Waals surface area contributed by atoms with Gasteiger partial charge in [-0.3, -0.25) is 15.0 Å². The predicted octanol–water partition coefficient (Wildman–Crippen LogP) is 3.09. The maximum atomic E-state index is 13.4. The monoisotopic (exact) mass is 500 g/mol. The Morgan fingerprint density at radius 1 is 1.17 bits per heavy atom. The van der Waals surface area contributed by atoms with Crippen molar-refractivity contribution in [3.05, 3.63) is 76.1 Å². The second kappa shape index (κ2) is 8.91. The molecule has 1 unspecified atom stereocenters. The number of rotatable bonds is 6. The summed E-state index contributed by atoms with van der Waals surface area (Å²) in [5.74, 6) is -1.62. The molecule has 2 amide bonds. The summed E-state index contributed by atoms with van der Waals surface area (Å²) in [6.45, 7) is 1.07. The van der Waals surface area contributed by atoms with Gasteiger partial charge < -0.3 is 20.4 Å². The molecule has 2 aliphatic rings. The number of halogens is 2. The summed E-state index contributed by atoms with van der Waals surface area (Å²) in [5.41, 5.74) is 1.80. The van der Waals surface area contributed by atoms with Crippen LogP contribution in [0.1, 0.15) is 46.4 Å². The average Bonchev–Trinajstić information content (AvgIpc) is 3.50. The number of carbonyl (C=O) groups excluding carboxylic acids is 1. The molecule has 0 radical (unpaired) electrons. The zero-order chi connectivity index (χ0) is 24.7. The van der Waals surface area contributed by atoms with E-state index in [2.05, 4.69) is 20.7 Å². The van der Waals surface area contributed by atoms with Gasteiger partial charge >= 0.3 is 12.0 Å². The van der Waals surface area contributed by atoms with Gasteiger partial charge in [0.2, 0.25) is 0 Å². The number of carboxylic acids is 1. The van der Waals surface area contributed by atoms with E-state index in [0.29, 0.717) is 35.7 Å². The van der Waals surface area contributed by atoms with E-state index in [1.807, 2.05) is 0 Å². The van der Waals surface area contributed by atoms with Crippen LogP contribution in [-0.4, -0.2) is 48.4 Å². The molecule has 1 aromatic carbocycles. The molecule has 3 aromatic rings. The molecule has 0 bridgehead atoms. The van der Waals surface area contributed by atoms with E-state index in [-0.39, 0.29) is 23.2 Å². The quantitative estimate of drug-likeness (QED) is 0.382. The number of amides is 2. The lowest BCUT2D eigenvalue weighted by Gasteiger charge is -2.29. The first-order valence-electron chi connectivity index (χ1n) is 11.0. The lowest BCUT2D eigenvalue weighted by Crippen LogP contribution is -2.42. The molecule has 5 rings (SSSR count). The Balaban J connectivity index is 1.28. The number of pyridine rings is 1. The number of hydrogen-bond acceptors (Lipinski definition) is 6. The van der Waals surface area contributed by atoms with Crippen LogP contribution in [0.5, 0.6) is 0 Å². The molecule has 3 heterocycles. The predicted molar refractivity (Wildman–Crippen MR) is 123 cm³/mol. The summed E-state index contributed by atoms with van der Waals surface area (Å²) < 4.78 is 15.1. The minimum absolute atomic E-state index is 0.0860. The fourth-order valence-corrected chi connectivity index (χ4v) is 4.37. The second-order valence-electron chi connectivity index (χ2n) is 8.62. The zero-order valence-corrected chi connectivity index (χ0v) is 19.2. The molecular formula is C23H22ClFN6O4. The van der Waals surface area contributed by atoms with Crippen molar-refractivity contribution in [2.24, 2.45) is 0 Å². The molecule has 2 aromatic heterocycles. The van der Waals surface area contributed by atoms with E-state index in [9.17, 15) is 19.1 Å². The van der Waals surface area contributed by atoms with Crippen molar-refractivity contribution < 1.29 is 24.2 Å². The van der Waals surface area contributed by atoms with E-state index in [1.165, 1.54) is 30.5 Å². The van der Waals surface area contributed by atoms with Gasteiger partial charge in [0.1, 0.15) is 12.0 Å². The van der Waals surface area contributed by atoms with Crippen molar-refractivity contribution in [1.82, 2.24) is 25.0 Å². The van der Waals surface area contributed by atoms with Gasteiger partial charge in [-0.05, 0) is 43.2 Å². The van der Waals surface area contributed by atoms with E-state index < -0.39 is 23.6 Å². The summed E-state index contributed by atoms with van der Waals surface area (Å²) >= 11 is 5.80. The van der Waals surface area contributed by atoms with Crippen LogP contribution < -0.4 is 10.6 Å². The van der Waals surface area contributed by atoms with Crippen LogP contribution in [-0.2, 0) is 18.6 Å². The molecule has 1 saturated carbocycles. The van der Waals surface area contributed by atoms with Gasteiger partial charge in [0.25, 0.3) is 0 Å². The standard InChI is InChI=1S/C23H22ClFN6O4/c24-16-9-14(2-3-17(16)25)28-22(35)30-7-8-31-18(12-30)15(11-27-31)20(32)29-23(5-6-23)19-4-1-13(10-26-19)21(33)34/h1-4,9-11,20,29,32H,5-8,12H2,(H,28,35)(H,33,34). The number of aromatic nitrogens is 3. The summed E-state index contributed by atoms with van der Waals surface area (Å²) in [6, 6.07) is 6.71. The fourth-order valence-electron chi connectivity index (χ4n) is 4.19. The number of anilines is 1. The fraction of sp³-hybridized carbons (Fsp3) is 0.304. The van der Waals surface area contributed by atoms with Crippen LogP contribution in [0.2, 0.25) is 5.02 Å². The number of carbonyl (C=O) groups is 2. The highest BCUT2D eigenvalue weighted by atomic mass is 35.5. The first kappa shape index (κ1) is 23.2. The molecule has 4 N–H and O–H groups in total. The minimum Gasteiger partial charge on any atom is -0.478 e. The third-order valence-corrected chi connectivity index (χ3v) is 6.61. The molecule has 1 aliphatic heterocycles. The van der Waals surface area contributed by atoms with Crippen LogP contribution in [0.15, 0.2) is 42.7 Å². The first-order chi connectivity index (χ1) is 16.8. The van der Waals surface area contributed by atoms with Crippen LogP contribution in [0.4, 0.5) is 14.9 Å². The minimum atomic E-state index is -1.07. The van der Waals surface area contributed by atoms with Gasteiger partial charge in [0.05, 0.1) is 46.8 Å². The number of nitrogens with zero attached hydrogens (tertiary/aromatic N) is 4. The Morgan fingerprint density at radius 3 is 2.63 bits per heavy atom. The largest absolute Gasteiger partial charge is 0.478 e. The van der Waals surface area contributed by atoms with Crippen LogP contribution >= 0.6 is 11.6 Å². The van der Waals surface area contributed by atoms with Crippen molar-refractivity contribution in [2.45, 2.75) is 37.7 Å². The number of benzene rings is 1. The number of urea groups is 1. The highest BCUT2D eigenvalue weighted by molar-refractivity contribution is 6.31. The molecule has 1 aliphatic carbocycles. The van der Waals surface area contributed by atoms with E-state index in [4.69, 9.17) is 16.7 Å². The van der Waals surface area contributed by atoms with Crippen molar-refractivity contribution in [3.63, 3.8) is 0 Å². The smallest absolute Gasteiger partial charge is 0.337 e. The van der Waals surface area contributed by atoms with Gasteiger partial charge in [-0.1, -0.05) is 11.6 Å². The number of aromatic carboxylic acids is 1. The Kier molecular flexibility index (Phi) is 5.91. The Bertz CT molecular complexity index is 1290. The molecule has 182 valence electrons. The van der Waals surface area contributed by atoms with Crippen LogP contribution in [0.25, 0.3) is 0 Å². The Labute approximate surface area is 204 Å². The summed E-state index contributed by atoms with van der Waals surface area (Å²) in [4.78, 5) is 29.7.